The standard InChI is InChI=1S/C7H6N4O3/c8-10-9-4-5-1-2-6(11(13)14)7(12)3-5/h1-3,12H,4H2. The van der Waals surface area contributed by atoms with Crippen LogP contribution in [-0.4, -0.2) is 10.0 Å². The zero-order chi connectivity index (χ0) is 10.6. The van der Waals surface area contributed by atoms with E-state index in [1.165, 1.54) is 12.1 Å². The minimum Gasteiger partial charge on any atom is -0.502 e. The highest BCUT2D eigenvalue weighted by Gasteiger charge is 2.12. The lowest BCUT2D eigenvalue weighted by molar-refractivity contribution is -0.385. The number of phenols is 1. The summed E-state index contributed by atoms with van der Waals surface area (Å²) in [6.07, 6.45) is 0. The minimum absolute atomic E-state index is 0.0576. The zero-order valence-corrected chi connectivity index (χ0v) is 6.99. The van der Waals surface area contributed by atoms with E-state index in [4.69, 9.17) is 5.53 Å². The maximum absolute atomic E-state index is 10.3. The topological polar surface area (TPSA) is 112 Å². The molecule has 7 heteroatoms. The Labute approximate surface area is 78.4 Å². The molecule has 1 rings (SSSR count). The highest BCUT2D eigenvalue weighted by Crippen LogP contribution is 2.26. The number of nitro benzene ring substituents is 1. The number of nitrogens with zero attached hydrogens (tertiary/aromatic N) is 4. The van der Waals surface area contributed by atoms with Crippen molar-refractivity contribution in [1.82, 2.24) is 0 Å². The number of nitro groups is 1. The normalized spacial score (nSPS) is 9.14. The predicted molar refractivity (Wildman–Crippen MR) is 47.6 cm³/mol. The summed E-state index contributed by atoms with van der Waals surface area (Å²) in [6.45, 7) is 0.0576. The molecule has 1 aromatic rings. The van der Waals surface area contributed by atoms with Crippen LogP contribution >= 0.6 is 0 Å². The van der Waals surface area contributed by atoms with Gasteiger partial charge in [-0.1, -0.05) is 11.2 Å². The molecule has 0 aliphatic carbocycles. The van der Waals surface area contributed by atoms with E-state index in [1.54, 1.807) is 0 Å². The van der Waals surface area contributed by atoms with Crippen molar-refractivity contribution in [3.8, 4) is 5.75 Å². The van der Waals surface area contributed by atoms with Crippen molar-refractivity contribution >= 4 is 5.69 Å². The van der Waals surface area contributed by atoms with Crippen molar-refractivity contribution < 1.29 is 10.0 Å². The molecule has 0 radical (unpaired) electrons. The summed E-state index contributed by atoms with van der Waals surface area (Å²) in [5.74, 6) is -0.430. The average molecular weight is 194 g/mol. The van der Waals surface area contributed by atoms with Crippen LogP contribution in [0.3, 0.4) is 0 Å². The van der Waals surface area contributed by atoms with Crippen LogP contribution < -0.4 is 0 Å². The second-order valence-corrected chi connectivity index (χ2v) is 2.47. The van der Waals surface area contributed by atoms with Crippen molar-refractivity contribution in [3.63, 3.8) is 0 Å². The minimum atomic E-state index is -0.688. The zero-order valence-electron chi connectivity index (χ0n) is 6.99. The summed E-state index contributed by atoms with van der Waals surface area (Å²) in [5, 5.41) is 22.8. The second kappa shape index (κ2) is 4.11. The van der Waals surface area contributed by atoms with E-state index in [2.05, 4.69) is 10.0 Å². The third kappa shape index (κ3) is 2.11. The first-order valence-corrected chi connectivity index (χ1v) is 3.62. The summed E-state index contributed by atoms with van der Waals surface area (Å²) in [6, 6.07) is 3.79. The maximum atomic E-state index is 10.3. The molecule has 72 valence electrons. The summed E-state index contributed by atoms with van der Waals surface area (Å²) in [7, 11) is 0. The van der Waals surface area contributed by atoms with Gasteiger partial charge >= 0.3 is 5.69 Å². The third-order valence-corrected chi connectivity index (χ3v) is 1.55. The Morgan fingerprint density at radius 2 is 2.36 bits per heavy atom. The molecule has 0 spiro atoms. The molecule has 1 N–H and O–H groups in total. The van der Waals surface area contributed by atoms with Gasteiger partial charge in [-0.2, -0.15) is 0 Å². The number of aromatic hydroxyl groups is 1. The molecule has 0 saturated carbocycles. The number of benzene rings is 1. The van der Waals surface area contributed by atoms with Crippen LogP contribution in [0, 0.1) is 10.1 Å². The molecule has 0 aliphatic heterocycles. The van der Waals surface area contributed by atoms with Gasteiger partial charge in [0.1, 0.15) is 0 Å². The highest BCUT2D eigenvalue weighted by atomic mass is 16.6. The van der Waals surface area contributed by atoms with Gasteiger partial charge in [0.25, 0.3) is 0 Å². The lowest BCUT2D eigenvalue weighted by Gasteiger charge is -1.98. The van der Waals surface area contributed by atoms with E-state index in [0.717, 1.165) is 6.07 Å². The fraction of sp³-hybridized carbons (Fsp3) is 0.143. The highest BCUT2D eigenvalue weighted by molar-refractivity contribution is 5.47. The summed E-state index contributed by atoms with van der Waals surface area (Å²) in [5.41, 5.74) is 8.18. The van der Waals surface area contributed by atoms with Crippen LogP contribution in [0.25, 0.3) is 10.4 Å². The molecule has 0 fully saturated rings. The number of hydrogen-bond acceptors (Lipinski definition) is 4. The van der Waals surface area contributed by atoms with Crippen LogP contribution in [0.4, 0.5) is 5.69 Å². The van der Waals surface area contributed by atoms with Gasteiger partial charge in [0.15, 0.2) is 5.75 Å². The van der Waals surface area contributed by atoms with Gasteiger partial charge in [-0.3, -0.25) is 10.1 Å². The first-order chi connectivity index (χ1) is 6.65. The number of azide groups is 1. The van der Waals surface area contributed by atoms with Gasteiger partial charge < -0.3 is 5.11 Å². The quantitative estimate of drug-likeness (QED) is 0.261. The Bertz CT molecular complexity index is 411. The third-order valence-electron chi connectivity index (χ3n) is 1.55. The molecule has 0 heterocycles. The molecule has 0 bridgehead atoms. The molecular weight excluding hydrogens is 188 g/mol. The van der Waals surface area contributed by atoms with Gasteiger partial charge in [-0.05, 0) is 17.2 Å². The molecule has 0 aliphatic rings. The van der Waals surface area contributed by atoms with Crippen LogP contribution in [0.15, 0.2) is 23.3 Å². The van der Waals surface area contributed by atoms with Crippen molar-refractivity contribution in [2.24, 2.45) is 5.11 Å². The number of rotatable bonds is 3. The molecule has 0 saturated heterocycles. The van der Waals surface area contributed by atoms with E-state index in [0.29, 0.717) is 5.56 Å². The first-order valence-electron chi connectivity index (χ1n) is 3.62. The largest absolute Gasteiger partial charge is 0.502 e. The van der Waals surface area contributed by atoms with Crippen molar-refractivity contribution in [3.05, 3.63) is 44.3 Å². The number of phenolic OH excluding ortho intramolecular Hbond substituents is 1. The van der Waals surface area contributed by atoms with E-state index < -0.39 is 10.7 Å². The van der Waals surface area contributed by atoms with Crippen LogP contribution in [0.5, 0.6) is 5.75 Å². The Kier molecular flexibility index (Phi) is 2.88. The van der Waals surface area contributed by atoms with Crippen LogP contribution in [0.1, 0.15) is 5.56 Å². The molecular formula is C7H6N4O3. The molecule has 0 atom stereocenters. The summed E-state index contributed by atoms with van der Waals surface area (Å²) >= 11 is 0. The Balaban J connectivity index is 3.00. The van der Waals surface area contributed by atoms with Crippen LogP contribution in [-0.2, 0) is 6.54 Å². The molecule has 7 nitrogen and oxygen atoms in total. The van der Waals surface area contributed by atoms with Gasteiger partial charge in [0.2, 0.25) is 0 Å². The molecule has 0 unspecified atom stereocenters. The monoisotopic (exact) mass is 194 g/mol. The first kappa shape index (κ1) is 9.82. The van der Waals surface area contributed by atoms with Crippen LogP contribution in [0.2, 0.25) is 0 Å². The van der Waals surface area contributed by atoms with E-state index >= 15 is 0 Å². The SMILES string of the molecule is [N-]=[N+]=NCc1ccc([N+](=O)[O-])c(O)c1. The predicted octanol–water partition coefficient (Wildman–Crippen LogP) is 2.11. The van der Waals surface area contributed by atoms with Gasteiger partial charge in [-0.15, -0.1) is 0 Å². The fourth-order valence-corrected chi connectivity index (χ4v) is 0.935. The molecule has 0 amide bonds. The maximum Gasteiger partial charge on any atom is 0.310 e. The van der Waals surface area contributed by atoms with Gasteiger partial charge in [-0.25, -0.2) is 0 Å². The van der Waals surface area contributed by atoms with Gasteiger partial charge in [0.05, 0.1) is 11.5 Å². The smallest absolute Gasteiger partial charge is 0.310 e. The van der Waals surface area contributed by atoms with Crippen molar-refractivity contribution in [2.75, 3.05) is 0 Å². The van der Waals surface area contributed by atoms with Gasteiger partial charge in [0, 0.05) is 11.0 Å². The van der Waals surface area contributed by atoms with Crippen molar-refractivity contribution in [1.29, 1.82) is 0 Å². The molecule has 14 heavy (non-hydrogen) atoms. The summed E-state index contributed by atoms with van der Waals surface area (Å²) < 4.78 is 0. The lowest BCUT2D eigenvalue weighted by atomic mass is 10.2. The number of hydrogen-bond donors (Lipinski definition) is 1. The van der Waals surface area contributed by atoms with Crippen molar-refractivity contribution in [2.45, 2.75) is 6.54 Å². The second-order valence-electron chi connectivity index (χ2n) is 2.47. The summed E-state index contributed by atoms with van der Waals surface area (Å²) in [4.78, 5) is 12.2. The Morgan fingerprint density at radius 3 is 2.86 bits per heavy atom. The lowest BCUT2D eigenvalue weighted by Crippen LogP contribution is -1.89. The van der Waals surface area contributed by atoms with E-state index in [-0.39, 0.29) is 12.2 Å². The Hall–Kier alpha value is -2.27. The van der Waals surface area contributed by atoms with E-state index in [1.807, 2.05) is 0 Å². The average Bonchev–Trinajstić information content (AvgIpc) is 2.14. The van der Waals surface area contributed by atoms with E-state index in [9.17, 15) is 15.2 Å². The molecule has 1 aromatic carbocycles. The molecule has 0 aromatic heterocycles. The fourth-order valence-electron chi connectivity index (χ4n) is 0.935. The Morgan fingerprint density at radius 1 is 1.64 bits per heavy atom.